The van der Waals surface area contributed by atoms with E-state index in [1.165, 1.54) is 26.5 Å². The van der Waals surface area contributed by atoms with Gasteiger partial charge in [-0.25, -0.2) is 4.98 Å². The Morgan fingerprint density at radius 2 is 2.17 bits per heavy atom. The van der Waals surface area contributed by atoms with Crippen molar-refractivity contribution in [3.05, 3.63) is 35.8 Å². The number of pyridine rings is 1. The molecule has 0 saturated heterocycles. The van der Waals surface area contributed by atoms with Gasteiger partial charge in [0.1, 0.15) is 6.10 Å². The van der Waals surface area contributed by atoms with Crippen LogP contribution in [0.2, 0.25) is 0 Å². The Balaban J connectivity index is 1.63. The second-order valence-corrected chi connectivity index (χ2v) is 7.13. The second kappa shape index (κ2) is 7.35. The van der Waals surface area contributed by atoms with Crippen molar-refractivity contribution >= 4 is 5.97 Å². The van der Waals surface area contributed by atoms with Crippen molar-refractivity contribution in [2.45, 2.75) is 37.1 Å². The van der Waals surface area contributed by atoms with E-state index in [-0.39, 0.29) is 23.5 Å². The minimum atomic E-state index is -4.73. The van der Waals surface area contributed by atoms with Gasteiger partial charge < -0.3 is 14.2 Å². The standard InChI is InChI=1S/C18H18F3N5O4/c1-28-14-12(7-11(9-22-14)26-16(18(19,20)21)23-24-25-26)13-4-6-17(30-13)5-3-10(8-17)15(27)29-2/h4,6-7,9-10,13H,3,5,8H2,1-2H3. The first-order valence-electron chi connectivity index (χ1n) is 9.11. The summed E-state index contributed by atoms with van der Waals surface area (Å²) >= 11 is 0. The first-order chi connectivity index (χ1) is 14.3. The lowest BCUT2D eigenvalue weighted by molar-refractivity contribution is -0.147. The van der Waals surface area contributed by atoms with E-state index in [4.69, 9.17) is 14.2 Å². The maximum Gasteiger partial charge on any atom is 0.453 e. The van der Waals surface area contributed by atoms with E-state index >= 15 is 0 Å². The minimum Gasteiger partial charge on any atom is -0.481 e. The summed E-state index contributed by atoms with van der Waals surface area (Å²) in [6.07, 6.45) is 1.22. The summed E-state index contributed by atoms with van der Waals surface area (Å²) in [6, 6.07) is 1.44. The van der Waals surface area contributed by atoms with Gasteiger partial charge in [-0.15, -0.1) is 5.10 Å². The Morgan fingerprint density at radius 3 is 2.87 bits per heavy atom. The smallest absolute Gasteiger partial charge is 0.453 e. The summed E-state index contributed by atoms with van der Waals surface area (Å²) < 4.78 is 56.4. The Hall–Kier alpha value is -3.02. The largest absolute Gasteiger partial charge is 0.481 e. The quantitative estimate of drug-likeness (QED) is 0.544. The third kappa shape index (κ3) is 3.51. The van der Waals surface area contributed by atoms with Crippen molar-refractivity contribution in [3.63, 3.8) is 0 Å². The highest BCUT2D eigenvalue weighted by Crippen LogP contribution is 2.47. The van der Waals surface area contributed by atoms with Gasteiger partial charge >= 0.3 is 12.1 Å². The SMILES string of the molecule is COC(=O)C1CCC2(C=CC(c3cc(-n4nnnc4C(F)(F)F)cnc3OC)O2)C1. The molecule has 3 heterocycles. The van der Waals surface area contributed by atoms with Gasteiger partial charge in [0.15, 0.2) is 0 Å². The van der Waals surface area contributed by atoms with Gasteiger partial charge in [-0.1, -0.05) is 12.2 Å². The molecule has 0 radical (unpaired) electrons. The van der Waals surface area contributed by atoms with Gasteiger partial charge in [0.25, 0.3) is 5.82 Å². The van der Waals surface area contributed by atoms with Gasteiger partial charge in [0.2, 0.25) is 5.88 Å². The Morgan fingerprint density at radius 1 is 1.37 bits per heavy atom. The summed E-state index contributed by atoms with van der Waals surface area (Å²) in [4.78, 5) is 15.9. The van der Waals surface area contributed by atoms with Crippen LogP contribution in [0, 0.1) is 5.92 Å². The maximum atomic E-state index is 13.2. The zero-order chi connectivity index (χ0) is 21.5. The van der Waals surface area contributed by atoms with E-state index in [2.05, 4.69) is 20.5 Å². The summed E-state index contributed by atoms with van der Waals surface area (Å²) in [5.41, 5.74) is -0.204. The van der Waals surface area contributed by atoms with Crippen molar-refractivity contribution in [1.29, 1.82) is 0 Å². The van der Waals surface area contributed by atoms with E-state index in [1.54, 1.807) is 6.08 Å². The number of esters is 1. The Labute approximate surface area is 168 Å². The number of nitrogens with zero attached hydrogens (tertiary/aromatic N) is 5. The number of rotatable bonds is 4. The van der Waals surface area contributed by atoms with Crippen molar-refractivity contribution in [3.8, 4) is 11.6 Å². The van der Waals surface area contributed by atoms with Crippen molar-refractivity contribution in [2.24, 2.45) is 5.92 Å². The number of hydrogen-bond donors (Lipinski definition) is 0. The van der Waals surface area contributed by atoms with E-state index in [9.17, 15) is 18.0 Å². The maximum absolute atomic E-state index is 13.2. The Bertz CT molecular complexity index is 992. The molecule has 3 unspecified atom stereocenters. The summed E-state index contributed by atoms with van der Waals surface area (Å²) in [5, 5.41) is 9.60. The molecule has 30 heavy (non-hydrogen) atoms. The fourth-order valence-corrected chi connectivity index (χ4v) is 3.91. The molecule has 9 nitrogen and oxygen atoms in total. The highest BCUT2D eigenvalue weighted by molar-refractivity contribution is 5.73. The highest BCUT2D eigenvalue weighted by atomic mass is 19.4. The zero-order valence-corrected chi connectivity index (χ0v) is 16.1. The van der Waals surface area contributed by atoms with E-state index in [1.807, 2.05) is 6.08 Å². The van der Waals surface area contributed by atoms with E-state index in [0.717, 1.165) is 0 Å². The molecule has 4 rings (SSSR count). The molecule has 2 aromatic rings. The second-order valence-electron chi connectivity index (χ2n) is 7.13. The molecule has 1 spiro atoms. The third-order valence-electron chi connectivity index (χ3n) is 5.31. The molecule has 0 aromatic carbocycles. The number of methoxy groups -OCH3 is 2. The molecule has 1 aliphatic carbocycles. The van der Waals surface area contributed by atoms with Gasteiger partial charge in [-0.3, -0.25) is 4.79 Å². The van der Waals surface area contributed by atoms with Crippen LogP contribution in [0.15, 0.2) is 24.4 Å². The zero-order valence-electron chi connectivity index (χ0n) is 16.1. The van der Waals surface area contributed by atoms with Crippen LogP contribution in [0.1, 0.15) is 36.8 Å². The van der Waals surface area contributed by atoms with E-state index < -0.39 is 23.7 Å². The van der Waals surface area contributed by atoms with Crippen LogP contribution in [0.4, 0.5) is 13.2 Å². The number of ether oxygens (including phenoxy) is 3. The molecule has 1 fully saturated rings. The number of aromatic nitrogens is 5. The monoisotopic (exact) mass is 425 g/mol. The average Bonchev–Trinajstić information content (AvgIpc) is 3.47. The third-order valence-corrected chi connectivity index (χ3v) is 5.31. The van der Waals surface area contributed by atoms with Crippen LogP contribution in [-0.4, -0.2) is 51.0 Å². The molecule has 2 aromatic heterocycles. The van der Waals surface area contributed by atoms with Crippen LogP contribution in [0.5, 0.6) is 5.88 Å². The first kappa shape index (κ1) is 20.3. The van der Waals surface area contributed by atoms with Gasteiger partial charge in [0, 0.05) is 5.56 Å². The molecule has 12 heteroatoms. The normalized spacial score (nSPS) is 25.8. The molecule has 0 bridgehead atoms. The van der Waals surface area contributed by atoms with Crippen molar-refractivity contribution in [2.75, 3.05) is 14.2 Å². The molecule has 1 aliphatic heterocycles. The minimum absolute atomic E-state index is 0.0138. The lowest BCUT2D eigenvalue weighted by atomic mass is 10.0. The number of hydrogen-bond acceptors (Lipinski definition) is 8. The van der Waals surface area contributed by atoms with Gasteiger partial charge in [0.05, 0.1) is 37.6 Å². The summed E-state index contributed by atoms with van der Waals surface area (Å²) in [7, 11) is 2.75. The predicted molar refractivity (Wildman–Crippen MR) is 93.6 cm³/mol. The fraction of sp³-hybridized carbons (Fsp3) is 0.500. The average molecular weight is 425 g/mol. The number of tetrazole rings is 1. The molecule has 3 atom stereocenters. The van der Waals surface area contributed by atoms with Crippen molar-refractivity contribution < 1.29 is 32.2 Å². The van der Waals surface area contributed by atoms with Crippen LogP contribution < -0.4 is 4.74 Å². The van der Waals surface area contributed by atoms with Crippen molar-refractivity contribution in [1.82, 2.24) is 25.2 Å². The molecule has 0 amide bonds. The fourth-order valence-electron chi connectivity index (χ4n) is 3.91. The molecule has 0 N–H and O–H groups in total. The molecule has 160 valence electrons. The van der Waals surface area contributed by atoms with Crippen LogP contribution >= 0.6 is 0 Å². The Kier molecular flexibility index (Phi) is 4.96. The molecule has 2 aliphatic rings. The lowest BCUT2D eigenvalue weighted by Gasteiger charge is -2.25. The van der Waals surface area contributed by atoms with Crippen LogP contribution in [0.25, 0.3) is 5.69 Å². The number of carbonyl (C=O) groups is 1. The molecule has 1 saturated carbocycles. The first-order valence-corrected chi connectivity index (χ1v) is 9.11. The summed E-state index contributed by atoms with van der Waals surface area (Å²) in [5.74, 6) is -1.61. The van der Waals surface area contributed by atoms with Gasteiger partial charge in [-0.05, 0) is 35.8 Å². The number of halogens is 3. The summed E-state index contributed by atoms with van der Waals surface area (Å²) in [6.45, 7) is 0. The highest BCUT2D eigenvalue weighted by Gasteiger charge is 2.46. The number of carbonyl (C=O) groups excluding carboxylic acids is 1. The van der Waals surface area contributed by atoms with Crippen LogP contribution in [-0.2, 0) is 20.4 Å². The van der Waals surface area contributed by atoms with E-state index in [0.29, 0.717) is 29.5 Å². The van der Waals surface area contributed by atoms with Gasteiger partial charge in [-0.2, -0.15) is 17.9 Å². The molecular weight excluding hydrogens is 407 g/mol. The topological polar surface area (TPSA) is 101 Å². The van der Waals surface area contributed by atoms with Crippen LogP contribution in [0.3, 0.4) is 0 Å². The number of alkyl halides is 3. The lowest BCUT2D eigenvalue weighted by Crippen LogP contribution is -2.25. The molecular formula is C18H18F3N5O4. The predicted octanol–water partition coefficient (Wildman–Crippen LogP) is 2.42.